The van der Waals surface area contributed by atoms with Crippen molar-refractivity contribution in [1.82, 2.24) is 9.21 Å². The molecule has 1 aliphatic carbocycles. The maximum absolute atomic E-state index is 12.8. The first kappa shape index (κ1) is 19.3. The lowest BCUT2D eigenvalue weighted by Crippen LogP contribution is -2.47. The molecule has 0 unspecified atom stereocenters. The highest BCUT2D eigenvalue weighted by molar-refractivity contribution is 7.89. The Balaban J connectivity index is 1.61. The van der Waals surface area contributed by atoms with Crippen molar-refractivity contribution < 1.29 is 13.2 Å². The van der Waals surface area contributed by atoms with Crippen LogP contribution in [0.4, 0.5) is 5.69 Å². The number of nitrogens with zero attached hydrogens (tertiary/aromatic N) is 2. The van der Waals surface area contributed by atoms with Crippen LogP contribution in [0.25, 0.3) is 0 Å². The maximum Gasteiger partial charge on any atom is 0.243 e. The Morgan fingerprint density at radius 3 is 2.54 bits per heavy atom. The molecule has 26 heavy (non-hydrogen) atoms. The first-order valence-electron chi connectivity index (χ1n) is 9.54. The molecule has 1 N–H and O–H groups in total. The van der Waals surface area contributed by atoms with E-state index in [9.17, 15) is 13.2 Å². The second-order valence-corrected chi connectivity index (χ2v) is 9.41. The zero-order valence-corrected chi connectivity index (χ0v) is 16.3. The third kappa shape index (κ3) is 4.84. The molecule has 1 saturated carbocycles. The molecule has 0 radical (unpaired) electrons. The van der Waals surface area contributed by atoms with Crippen LogP contribution in [0.1, 0.15) is 38.5 Å². The number of rotatable bonds is 6. The summed E-state index contributed by atoms with van der Waals surface area (Å²) in [4.78, 5) is 14.6. The average Bonchev–Trinajstić information content (AvgIpc) is 3.14. The van der Waals surface area contributed by atoms with Gasteiger partial charge in [0.15, 0.2) is 0 Å². The van der Waals surface area contributed by atoms with Crippen LogP contribution in [0.5, 0.6) is 0 Å². The molecule has 1 amide bonds. The van der Waals surface area contributed by atoms with Gasteiger partial charge >= 0.3 is 0 Å². The Labute approximate surface area is 156 Å². The van der Waals surface area contributed by atoms with Gasteiger partial charge in [-0.25, -0.2) is 8.42 Å². The first-order chi connectivity index (χ1) is 12.4. The highest BCUT2D eigenvalue weighted by Gasteiger charge is 2.27. The number of likely N-dealkylation sites (N-methyl/N-ethyl adjacent to an activating group) is 1. The lowest BCUT2D eigenvalue weighted by Gasteiger charge is -2.31. The number of benzene rings is 1. The fourth-order valence-corrected chi connectivity index (χ4v) is 5.24. The molecule has 1 aromatic carbocycles. The van der Waals surface area contributed by atoms with Gasteiger partial charge in [0.25, 0.3) is 0 Å². The first-order valence-corrected chi connectivity index (χ1v) is 11.0. The van der Waals surface area contributed by atoms with E-state index >= 15 is 0 Å². The van der Waals surface area contributed by atoms with Crippen LogP contribution >= 0.6 is 0 Å². The van der Waals surface area contributed by atoms with E-state index in [0.717, 1.165) is 19.5 Å². The predicted molar refractivity (Wildman–Crippen MR) is 103 cm³/mol. The second kappa shape index (κ2) is 8.50. The van der Waals surface area contributed by atoms with Crippen molar-refractivity contribution in [2.75, 3.05) is 38.5 Å². The van der Waals surface area contributed by atoms with E-state index < -0.39 is 10.0 Å². The molecule has 2 fully saturated rings. The minimum absolute atomic E-state index is 0.0361. The minimum Gasteiger partial charge on any atom is -0.326 e. The zero-order valence-electron chi connectivity index (χ0n) is 15.5. The van der Waals surface area contributed by atoms with E-state index in [-0.39, 0.29) is 10.8 Å². The third-order valence-electron chi connectivity index (χ3n) is 5.47. The fraction of sp³-hybridized carbons (Fsp3) is 0.632. The van der Waals surface area contributed by atoms with Crippen molar-refractivity contribution in [3.8, 4) is 0 Å². The quantitative estimate of drug-likeness (QED) is 0.825. The summed E-state index contributed by atoms with van der Waals surface area (Å²) in [5, 5.41) is 2.86. The summed E-state index contributed by atoms with van der Waals surface area (Å²) in [5.41, 5.74) is 0.552. The van der Waals surface area contributed by atoms with Crippen molar-refractivity contribution in [1.29, 1.82) is 0 Å². The van der Waals surface area contributed by atoms with Crippen LogP contribution in [-0.4, -0.2) is 56.8 Å². The van der Waals surface area contributed by atoms with E-state index in [4.69, 9.17) is 0 Å². The molecule has 144 valence electrons. The monoisotopic (exact) mass is 379 g/mol. The van der Waals surface area contributed by atoms with E-state index in [1.54, 1.807) is 24.3 Å². The van der Waals surface area contributed by atoms with Crippen LogP contribution in [-0.2, 0) is 14.8 Å². The minimum atomic E-state index is -3.51. The number of hydrogen-bond acceptors (Lipinski definition) is 4. The van der Waals surface area contributed by atoms with Gasteiger partial charge in [-0.1, -0.05) is 31.7 Å². The number of piperazine rings is 1. The number of carbonyl (C=O) groups is 1. The van der Waals surface area contributed by atoms with Gasteiger partial charge in [0.05, 0.1) is 4.90 Å². The molecule has 6 nitrogen and oxygen atoms in total. The van der Waals surface area contributed by atoms with Gasteiger partial charge in [-0.3, -0.25) is 4.79 Å². The molecule has 2 aliphatic rings. The second-order valence-electron chi connectivity index (χ2n) is 7.47. The molecular weight excluding hydrogens is 350 g/mol. The van der Waals surface area contributed by atoms with Crippen molar-refractivity contribution in [2.24, 2.45) is 5.92 Å². The zero-order chi connectivity index (χ0) is 18.6. The van der Waals surface area contributed by atoms with E-state index in [0.29, 0.717) is 31.1 Å². The van der Waals surface area contributed by atoms with Crippen molar-refractivity contribution in [3.63, 3.8) is 0 Å². The van der Waals surface area contributed by atoms with Gasteiger partial charge in [-0.05, 0) is 37.6 Å². The molecule has 7 heteroatoms. The summed E-state index contributed by atoms with van der Waals surface area (Å²) in [6.45, 7) is 2.46. The van der Waals surface area contributed by atoms with Gasteiger partial charge in [0.1, 0.15) is 0 Å². The van der Waals surface area contributed by atoms with Crippen LogP contribution in [0.3, 0.4) is 0 Å². The fourth-order valence-electron chi connectivity index (χ4n) is 3.77. The third-order valence-corrected chi connectivity index (χ3v) is 7.37. The van der Waals surface area contributed by atoms with Crippen molar-refractivity contribution in [2.45, 2.75) is 43.4 Å². The lowest BCUT2D eigenvalue weighted by atomic mass is 10.0. The molecule has 0 bridgehead atoms. The molecule has 0 aromatic heterocycles. The number of sulfonamides is 1. The van der Waals surface area contributed by atoms with Crippen LogP contribution in [0, 0.1) is 5.92 Å². The Morgan fingerprint density at radius 1 is 1.15 bits per heavy atom. The molecular formula is C19H29N3O3S. The maximum atomic E-state index is 12.8. The highest BCUT2D eigenvalue weighted by atomic mass is 32.2. The van der Waals surface area contributed by atoms with Gasteiger partial charge in [0.2, 0.25) is 15.9 Å². The lowest BCUT2D eigenvalue weighted by molar-refractivity contribution is -0.116. The Hall–Kier alpha value is -1.44. The highest BCUT2D eigenvalue weighted by Crippen LogP contribution is 2.28. The summed E-state index contributed by atoms with van der Waals surface area (Å²) < 4.78 is 27.2. The number of nitrogens with one attached hydrogen (secondary N) is 1. The van der Waals surface area contributed by atoms with Crippen LogP contribution < -0.4 is 5.32 Å². The summed E-state index contributed by atoms with van der Waals surface area (Å²) in [7, 11) is -1.52. The molecule has 1 heterocycles. The molecule has 1 saturated heterocycles. The SMILES string of the molecule is CN1CCN(S(=O)(=O)c2cccc(NC(=O)CCC3CCCC3)c2)CC1. The molecule has 0 spiro atoms. The summed E-state index contributed by atoms with van der Waals surface area (Å²) >= 11 is 0. The molecule has 3 rings (SSSR count). The normalized spacial score (nSPS) is 20.3. The number of anilines is 1. The summed E-state index contributed by atoms with van der Waals surface area (Å²) in [6.07, 6.45) is 6.43. The van der Waals surface area contributed by atoms with Crippen molar-refractivity contribution >= 4 is 21.6 Å². The Kier molecular flexibility index (Phi) is 6.32. The van der Waals surface area contributed by atoms with E-state index in [2.05, 4.69) is 10.2 Å². The van der Waals surface area contributed by atoms with E-state index in [1.807, 2.05) is 7.05 Å². The van der Waals surface area contributed by atoms with Crippen LogP contribution in [0.15, 0.2) is 29.2 Å². The molecule has 1 aromatic rings. The van der Waals surface area contributed by atoms with Crippen molar-refractivity contribution in [3.05, 3.63) is 24.3 Å². The summed E-state index contributed by atoms with van der Waals surface area (Å²) in [6, 6.07) is 6.61. The number of hydrogen-bond donors (Lipinski definition) is 1. The van der Waals surface area contributed by atoms with E-state index in [1.165, 1.54) is 30.0 Å². The van der Waals surface area contributed by atoms with Gasteiger partial charge < -0.3 is 10.2 Å². The van der Waals surface area contributed by atoms with Gasteiger partial charge in [-0.15, -0.1) is 0 Å². The molecule has 0 atom stereocenters. The standard InChI is InChI=1S/C19H29N3O3S/c1-21-11-13-22(14-12-21)26(24,25)18-8-4-7-17(15-18)20-19(23)10-9-16-5-2-3-6-16/h4,7-8,15-16H,2-3,5-6,9-14H2,1H3,(H,20,23). The summed E-state index contributed by atoms with van der Waals surface area (Å²) in [5.74, 6) is 0.635. The topological polar surface area (TPSA) is 69.7 Å². The predicted octanol–water partition coefficient (Wildman–Crippen LogP) is 2.53. The Morgan fingerprint density at radius 2 is 1.85 bits per heavy atom. The average molecular weight is 380 g/mol. The Bertz CT molecular complexity index is 721. The van der Waals surface area contributed by atoms with Crippen LogP contribution in [0.2, 0.25) is 0 Å². The smallest absolute Gasteiger partial charge is 0.243 e. The number of carbonyl (C=O) groups excluding carboxylic acids is 1. The largest absolute Gasteiger partial charge is 0.326 e. The molecule has 1 aliphatic heterocycles. The van der Waals surface area contributed by atoms with Gasteiger partial charge in [-0.2, -0.15) is 4.31 Å². The van der Waals surface area contributed by atoms with Gasteiger partial charge in [0, 0.05) is 38.3 Å². The number of amides is 1.